The second-order valence-corrected chi connectivity index (χ2v) is 2.89. The van der Waals surface area contributed by atoms with Gasteiger partial charge in [-0.25, -0.2) is 0 Å². The van der Waals surface area contributed by atoms with E-state index in [4.69, 9.17) is 4.74 Å². The summed E-state index contributed by atoms with van der Waals surface area (Å²) >= 11 is 0. The molecule has 1 aromatic heterocycles. The average molecular weight is 192 g/mol. The largest absolute Gasteiger partial charge is 0.502 e. The Labute approximate surface area is 84.8 Å². The molecule has 1 rings (SSSR count). The van der Waals surface area contributed by atoms with Gasteiger partial charge in [0.2, 0.25) is 0 Å². The van der Waals surface area contributed by atoms with Crippen molar-refractivity contribution in [1.82, 2.24) is 10.3 Å². The van der Waals surface area contributed by atoms with Crippen molar-refractivity contribution in [3.8, 4) is 0 Å². The highest BCUT2D eigenvalue weighted by Gasteiger charge is 1.91. The van der Waals surface area contributed by atoms with Crippen LogP contribution in [0.25, 0.3) is 0 Å². The summed E-state index contributed by atoms with van der Waals surface area (Å²) in [5.41, 5.74) is 1.07. The lowest BCUT2D eigenvalue weighted by molar-refractivity contribution is 0.244. The maximum Gasteiger partial charge on any atom is 0.0885 e. The van der Waals surface area contributed by atoms with Crippen LogP contribution < -0.4 is 5.32 Å². The van der Waals surface area contributed by atoms with E-state index in [-0.39, 0.29) is 0 Å². The first kappa shape index (κ1) is 10.7. The molecule has 76 valence electrons. The highest BCUT2D eigenvalue weighted by molar-refractivity contribution is 5.02. The van der Waals surface area contributed by atoms with Crippen molar-refractivity contribution in [1.29, 1.82) is 0 Å². The molecule has 0 fully saturated rings. The Morgan fingerprint density at radius 1 is 1.50 bits per heavy atom. The zero-order chi connectivity index (χ0) is 10.1. The average Bonchev–Trinajstić information content (AvgIpc) is 2.25. The summed E-state index contributed by atoms with van der Waals surface area (Å²) in [7, 11) is 0. The first-order valence-electron chi connectivity index (χ1n) is 4.76. The molecule has 0 saturated heterocycles. The minimum atomic E-state index is 0.721. The minimum absolute atomic E-state index is 0.721. The Hall–Kier alpha value is -1.35. The molecule has 1 N–H and O–H groups in total. The molecule has 0 aliphatic heterocycles. The van der Waals surface area contributed by atoms with Gasteiger partial charge in [0.05, 0.1) is 18.6 Å². The maximum atomic E-state index is 4.99. The molecule has 3 nitrogen and oxygen atoms in total. The van der Waals surface area contributed by atoms with Crippen molar-refractivity contribution in [2.75, 3.05) is 13.2 Å². The van der Waals surface area contributed by atoms with Gasteiger partial charge >= 0.3 is 0 Å². The molecule has 1 aromatic rings. The molecular weight excluding hydrogens is 176 g/mol. The molecule has 0 aliphatic rings. The Morgan fingerprint density at radius 2 is 2.43 bits per heavy atom. The van der Waals surface area contributed by atoms with Crippen LogP contribution in [-0.2, 0) is 11.3 Å². The van der Waals surface area contributed by atoms with Crippen LogP contribution in [0.5, 0.6) is 0 Å². The molecule has 0 amide bonds. The molecule has 14 heavy (non-hydrogen) atoms. The number of hydrogen-bond donors (Lipinski definition) is 1. The summed E-state index contributed by atoms with van der Waals surface area (Å²) in [6, 6.07) is 5.92. The SMILES string of the molecule is C=COCCCNCc1ccccn1. The van der Waals surface area contributed by atoms with E-state index in [0.29, 0.717) is 0 Å². The van der Waals surface area contributed by atoms with E-state index < -0.39 is 0 Å². The zero-order valence-electron chi connectivity index (χ0n) is 8.28. The van der Waals surface area contributed by atoms with Crippen molar-refractivity contribution in [3.63, 3.8) is 0 Å². The third-order valence-electron chi connectivity index (χ3n) is 1.77. The second-order valence-electron chi connectivity index (χ2n) is 2.89. The Morgan fingerprint density at radius 3 is 3.14 bits per heavy atom. The van der Waals surface area contributed by atoms with Crippen molar-refractivity contribution in [3.05, 3.63) is 42.9 Å². The van der Waals surface area contributed by atoms with Gasteiger partial charge in [-0.2, -0.15) is 0 Å². The number of aromatic nitrogens is 1. The number of rotatable bonds is 7. The van der Waals surface area contributed by atoms with Gasteiger partial charge in [0.1, 0.15) is 0 Å². The van der Waals surface area contributed by atoms with Crippen LogP contribution >= 0.6 is 0 Å². The highest BCUT2D eigenvalue weighted by Crippen LogP contribution is 1.91. The van der Waals surface area contributed by atoms with Crippen LogP contribution in [0.3, 0.4) is 0 Å². The van der Waals surface area contributed by atoms with Gasteiger partial charge in [0.25, 0.3) is 0 Å². The van der Waals surface area contributed by atoms with Gasteiger partial charge in [-0.05, 0) is 25.1 Å². The second kappa shape index (κ2) is 7.09. The molecule has 0 spiro atoms. The number of ether oxygens (including phenoxy) is 1. The van der Waals surface area contributed by atoms with E-state index >= 15 is 0 Å². The van der Waals surface area contributed by atoms with Crippen LogP contribution in [-0.4, -0.2) is 18.1 Å². The van der Waals surface area contributed by atoms with Crippen LogP contribution in [0.2, 0.25) is 0 Å². The zero-order valence-corrected chi connectivity index (χ0v) is 8.28. The fourth-order valence-corrected chi connectivity index (χ4v) is 1.08. The molecule has 0 saturated carbocycles. The highest BCUT2D eigenvalue weighted by atomic mass is 16.5. The van der Waals surface area contributed by atoms with E-state index in [1.54, 1.807) is 6.20 Å². The van der Waals surface area contributed by atoms with E-state index in [1.807, 2.05) is 18.2 Å². The number of nitrogens with one attached hydrogen (secondary N) is 1. The molecule has 1 heterocycles. The Kier molecular flexibility index (Phi) is 5.43. The lowest BCUT2D eigenvalue weighted by Crippen LogP contribution is -2.16. The fraction of sp³-hybridized carbons (Fsp3) is 0.364. The number of pyridine rings is 1. The van der Waals surface area contributed by atoms with Gasteiger partial charge < -0.3 is 10.1 Å². The third-order valence-corrected chi connectivity index (χ3v) is 1.77. The molecule has 0 aliphatic carbocycles. The van der Waals surface area contributed by atoms with Crippen LogP contribution in [0.4, 0.5) is 0 Å². The van der Waals surface area contributed by atoms with Crippen molar-refractivity contribution < 1.29 is 4.74 Å². The van der Waals surface area contributed by atoms with Gasteiger partial charge in [0, 0.05) is 12.7 Å². The summed E-state index contributed by atoms with van der Waals surface area (Å²) in [5.74, 6) is 0. The Bertz CT molecular complexity index is 249. The predicted molar refractivity (Wildman–Crippen MR) is 56.7 cm³/mol. The molecule has 0 bridgehead atoms. The third kappa shape index (κ3) is 4.62. The predicted octanol–water partition coefficient (Wildman–Crippen LogP) is 1.72. The molecule has 0 unspecified atom stereocenters. The summed E-state index contributed by atoms with van der Waals surface area (Å²) in [6.07, 6.45) is 4.26. The molecule has 0 aromatic carbocycles. The summed E-state index contributed by atoms with van der Waals surface area (Å²) in [5, 5.41) is 3.28. The molecular formula is C11H16N2O. The van der Waals surface area contributed by atoms with E-state index in [1.165, 1.54) is 6.26 Å². The minimum Gasteiger partial charge on any atom is -0.502 e. The summed E-state index contributed by atoms with van der Waals surface area (Å²) < 4.78 is 4.99. The van der Waals surface area contributed by atoms with Gasteiger partial charge in [-0.15, -0.1) is 0 Å². The van der Waals surface area contributed by atoms with Crippen molar-refractivity contribution in [2.24, 2.45) is 0 Å². The standard InChI is InChI=1S/C11H16N2O/c1-2-14-9-5-7-12-10-11-6-3-4-8-13-11/h2-4,6,8,12H,1,5,7,9-10H2. The van der Waals surface area contributed by atoms with Gasteiger partial charge in [-0.3, -0.25) is 4.98 Å². The lowest BCUT2D eigenvalue weighted by Gasteiger charge is -2.03. The first-order chi connectivity index (χ1) is 6.93. The van der Waals surface area contributed by atoms with Crippen LogP contribution in [0.1, 0.15) is 12.1 Å². The number of nitrogens with zero attached hydrogens (tertiary/aromatic N) is 1. The molecule has 0 radical (unpaired) electrons. The Balaban J connectivity index is 2.02. The van der Waals surface area contributed by atoms with E-state index in [9.17, 15) is 0 Å². The number of hydrogen-bond acceptors (Lipinski definition) is 3. The van der Waals surface area contributed by atoms with Gasteiger partial charge in [0.15, 0.2) is 0 Å². The quantitative estimate of drug-likeness (QED) is 0.527. The van der Waals surface area contributed by atoms with Gasteiger partial charge in [-0.1, -0.05) is 12.6 Å². The first-order valence-corrected chi connectivity index (χ1v) is 4.76. The van der Waals surface area contributed by atoms with E-state index in [0.717, 1.165) is 31.8 Å². The summed E-state index contributed by atoms with van der Waals surface area (Å²) in [4.78, 5) is 4.20. The molecule has 0 atom stereocenters. The topological polar surface area (TPSA) is 34.1 Å². The molecule has 3 heteroatoms. The normalized spacial score (nSPS) is 9.71. The van der Waals surface area contributed by atoms with Crippen molar-refractivity contribution >= 4 is 0 Å². The van der Waals surface area contributed by atoms with Crippen LogP contribution in [0, 0.1) is 0 Å². The maximum absolute atomic E-state index is 4.99. The smallest absolute Gasteiger partial charge is 0.0885 e. The lowest BCUT2D eigenvalue weighted by atomic mass is 10.3. The van der Waals surface area contributed by atoms with E-state index in [2.05, 4.69) is 16.9 Å². The van der Waals surface area contributed by atoms with Crippen LogP contribution in [0.15, 0.2) is 37.2 Å². The fourth-order valence-electron chi connectivity index (χ4n) is 1.08. The summed E-state index contributed by atoms with van der Waals surface area (Å²) in [6.45, 7) is 5.94. The monoisotopic (exact) mass is 192 g/mol. The van der Waals surface area contributed by atoms with Crippen molar-refractivity contribution in [2.45, 2.75) is 13.0 Å².